The van der Waals surface area contributed by atoms with Crippen molar-refractivity contribution in [2.75, 3.05) is 18.2 Å². The van der Waals surface area contributed by atoms with Crippen LogP contribution in [0.2, 0.25) is 0 Å². The lowest BCUT2D eigenvalue weighted by Gasteiger charge is -2.14. The molecule has 0 radical (unpaired) electrons. The number of nitrogens with one attached hydrogen (secondary N) is 3. The second kappa shape index (κ2) is 8.65. The molecule has 0 unspecified atom stereocenters. The van der Waals surface area contributed by atoms with Crippen molar-refractivity contribution in [3.63, 3.8) is 0 Å². The number of carbonyl (C=O) groups excluding carboxylic acids is 1. The van der Waals surface area contributed by atoms with E-state index in [-0.39, 0.29) is 17.1 Å². The molecule has 0 saturated carbocycles. The molecule has 2 heterocycles. The molecule has 158 valence electrons. The molecular formula is C22H22N6O2S. The van der Waals surface area contributed by atoms with Crippen LogP contribution in [-0.4, -0.2) is 38.5 Å². The van der Waals surface area contributed by atoms with E-state index in [1.165, 1.54) is 11.8 Å². The Kier molecular flexibility index (Phi) is 5.77. The van der Waals surface area contributed by atoms with Crippen molar-refractivity contribution < 1.29 is 9.53 Å². The molecule has 1 amide bonds. The second-order valence-electron chi connectivity index (χ2n) is 7.00. The number of carbonyl (C=O) groups is 1. The number of aromatic nitrogens is 4. The maximum atomic E-state index is 12.6. The van der Waals surface area contributed by atoms with Crippen molar-refractivity contribution in [1.29, 1.82) is 5.41 Å². The number of fused-ring (bicyclic) bond motifs is 1. The number of thioether (sulfide) groups is 1. The Morgan fingerprint density at radius 1 is 1.23 bits per heavy atom. The maximum Gasteiger partial charge on any atom is 0.234 e. The molecule has 0 spiro atoms. The van der Waals surface area contributed by atoms with Gasteiger partial charge in [0.15, 0.2) is 10.8 Å². The number of para-hydroxylation sites is 2. The topological polar surface area (TPSA) is 109 Å². The van der Waals surface area contributed by atoms with Gasteiger partial charge in [-0.15, -0.1) is 0 Å². The normalized spacial score (nSPS) is 10.9. The fourth-order valence-corrected chi connectivity index (χ4v) is 4.11. The highest BCUT2D eigenvalue weighted by atomic mass is 32.2. The van der Waals surface area contributed by atoms with Gasteiger partial charge in [-0.3, -0.25) is 19.9 Å². The third kappa shape index (κ3) is 4.17. The van der Waals surface area contributed by atoms with Gasteiger partial charge in [-0.05, 0) is 43.7 Å². The number of methoxy groups -OCH3 is 1. The van der Waals surface area contributed by atoms with Crippen LogP contribution in [0, 0.1) is 19.3 Å². The van der Waals surface area contributed by atoms with Crippen LogP contribution >= 0.6 is 11.8 Å². The molecule has 0 bridgehead atoms. The number of ether oxygens (including phenoxy) is 1. The summed E-state index contributed by atoms with van der Waals surface area (Å²) in [5, 5.41) is 19.9. The molecule has 3 N–H and O–H groups in total. The lowest BCUT2D eigenvalue weighted by atomic mass is 10.2. The molecule has 2 aromatic carbocycles. The van der Waals surface area contributed by atoms with Crippen molar-refractivity contribution >= 4 is 34.4 Å². The van der Waals surface area contributed by atoms with Crippen LogP contribution in [0.1, 0.15) is 11.3 Å². The third-order valence-corrected chi connectivity index (χ3v) is 5.69. The van der Waals surface area contributed by atoms with Gasteiger partial charge in [0.25, 0.3) is 0 Å². The minimum atomic E-state index is -0.197. The van der Waals surface area contributed by atoms with Crippen molar-refractivity contribution in [3.05, 3.63) is 65.3 Å². The summed E-state index contributed by atoms with van der Waals surface area (Å²) < 4.78 is 7.04. The zero-order valence-electron chi connectivity index (χ0n) is 17.4. The second-order valence-corrected chi connectivity index (χ2v) is 7.94. The molecule has 0 aliphatic rings. The summed E-state index contributed by atoms with van der Waals surface area (Å²) >= 11 is 1.25. The van der Waals surface area contributed by atoms with Crippen LogP contribution in [0.3, 0.4) is 0 Å². The van der Waals surface area contributed by atoms with Crippen molar-refractivity contribution in [3.8, 4) is 11.4 Å². The summed E-state index contributed by atoms with van der Waals surface area (Å²) in [6.07, 6.45) is 0. The Labute approximate surface area is 183 Å². The van der Waals surface area contributed by atoms with Crippen LogP contribution in [-0.2, 0) is 4.79 Å². The molecule has 8 nitrogen and oxygen atoms in total. The highest BCUT2D eigenvalue weighted by Crippen LogP contribution is 2.25. The first kappa shape index (κ1) is 20.7. The summed E-state index contributed by atoms with van der Waals surface area (Å²) in [4.78, 5) is 17.2. The predicted molar refractivity (Wildman–Crippen MR) is 121 cm³/mol. The van der Waals surface area contributed by atoms with E-state index in [1.807, 2.05) is 50.2 Å². The van der Waals surface area contributed by atoms with Crippen molar-refractivity contribution in [2.24, 2.45) is 0 Å². The van der Waals surface area contributed by atoms with Crippen molar-refractivity contribution in [1.82, 2.24) is 19.7 Å². The van der Waals surface area contributed by atoms with Crippen LogP contribution in [0.25, 0.3) is 16.7 Å². The minimum absolute atomic E-state index is 0.116. The summed E-state index contributed by atoms with van der Waals surface area (Å²) in [7, 11) is 1.56. The summed E-state index contributed by atoms with van der Waals surface area (Å²) in [5.41, 5.74) is 3.99. The van der Waals surface area contributed by atoms with Crippen LogP contribution in [0.4, 0.5) is 5.69 Å². The Balaban J connectivity index is 1.67. The number of hydrogen-bond acceptors (Lipinski definition) is 6. The number of hydrogen-bond donors (Lipinski definition) is 3. The van der Waals surface area contributed by atoms with Gasteiger partial charge < -0.3 is 10.1 Å². The van der Waals surface area contributed by atoms with Gasteiger partial charge in [0.1, 0.15) is 11.2 Å². The predicted octanol–water partition coefficient (Wildman–Crippen LogP) is 3.58. The van der Waals surface area contributed by atoms with Crippen molar-refractivity contribution in [2.45, 2.75) is 19.0 Å². The van der Waals surface area contributed by atoms with Gasteiger partial charge in [-0.1, -0.05) is 36.0 Å². The molecule has 2 aromatic heterocycles. The van der Waals surface area contributed by atoms with E-state index >= 15 is 0 Å². The number of anilines is 1. The van der Waals surface area contributed by atoms with Gasteiger partial charge >= 0.3 is 0 Å². The molecule has 0 fully saturated rings. The van der Waals surface area contributed by atoms with E-state index in [9.17, 15) is 4.79 Å². The van der Waals surface area contributed by atoms with E-state index < -0.39 is 0 Å². The summed E-state index contributed by atoms with van der Waals surface area (Å²) in [6.45, 7) is 3.86. The molecule has 0 aliphatic carbocycles. The van der Waals surface area contributed by atoms with E-state index in [1.54, 1.807) is 23.8 Å². The van der Waals surface area contributed by atoms with E-state index in [2.05, 4.69) is 20.5 Å². The maximum absolute atomic E-state index is 12.6. The first-order valence-electron chi connectivity index (χ1n) is 9.63. The average Bonchev–Trinajstić information content (AvgIpc) is 3.13. The number of H-pyrrole nitrogens is 1. The van der Waals surface area contributed by atoms with E-state index in [0.29, 0.717) is 27.6 Å². The van der Waals surface area contributed by atoms with E-state index in [0.717, 1.165) is 16.9 Å². The lowest BCUT2D eigenvalue weighted by molar-refractivity contribution is -0.113. The number of amides is 1. The van der Waals surface area contributed by atoms with Crippen LogP contribution in [0.15, 0.2) is 53.7 Å². The molecule has 0 aliphatic heterocycles. The van der Waals surface area contributed by atoms with Gasteiger partial charge in [0.2, 0.25) is 5.91 Å². The number of aryl methyl sites for hydroxylation is 2. The first-order valence-corrected chi connectivity index (χ1v) is 10.6. The number of rotatable bonds is 6. The van der Waals surface area contributed by atoms with Gasteiger partial charge in [-0.25, -0.2) is 4.98 Å². The smallest absolute Gasteiger partial charge is 0.234 e. The molecule has 9 heteroatoms. The molecule has 0 atom stereocenters. The molecule has 4 aromatic rings. The fraction of sp³-hybridized carbons (Fsp3) is 0.182. The van der Waals surface area contributed by atoms with Gasteiger partial charge in [0, 0.05) is 11.4 Å². The third-order valence-electron chi connectivity index (χ3n) is 4.75. The minimum Gasteiger partial charge on any atom is -0.495 e. The standard InChI is InChI=1S/C22H22N6O2S/c1-13-7-6-8-15(11-13)28-20(23)19-14(2)26-27-21(19)25-22(28)31-12-18(29)24-16-9-4-5-10-17(16)30-3/h4-11,23H,12H2,1-3H3,(H,24,29)(H,26,27). The fourth-order valence-electron chi connectivity index (χ4n) is 3.30. The van der Waals surface area contributed by atoms with Gasteiger partial charge in [-0.2, -0.15) is 5.10 Å². The SMILES string of the molecule is COc1ccccc1NC(=O)CSc1nc2n[nH]c(C)c2c(=N)n1-c1cccc(C)c1. The Hall–Kier alpha value is -3.59. The molecule has 4 rings (SSSR count). The zero-order valence-corrected chi connectivity index (χ0v) is 18.2. The zero-order chi connectivity index (χ0) is 22.0. The van der Waals surface area contributed by atoms with Crippen LogP contribution in [0.5, 0.6) is 5.75 Å². The monoisotopic (exact) mass is 434 g/mol. The average molecular weight is 435 g/mol. The highest BCUT2D eigenvalue weighted by molar-refractivity contribution is 7.99. The number of aromatic amines is 1. The number of nitrogens with zero attached hydrogens (tertiary/aromatic N) is 3. The van der Waals surface area contributed by atoms with Crippen LogP contribution < -0.4 is 15.5 Å². The Morgan fingerprint density at radius 3 is 2.81 bits per heavy atom. The first-order chi connectivity index (χ1) is 15.0. The molecule has 31 heavy (non-hydrogen) atoms. The number of benzene rings is 2. The lowest BCUT2D eigenvalue weighted by Crippen LogP contribution is -2.23. The summed E-state index contributed by atoms with van der Waals surface area (Å²) in [6, 6.07) is 15.1. The largest absolute Gasteiger partial charge is 0.495 e. The van der Waals surface area contributed by atoms with Gasteiger partial charge in [0.05, 0.1) is 23.9 Å². The molecule has 0 saturated heterocycles. The Bertz CT molecular complexity index is 1330. The Morgan fingerprint density at radius 2 is 2.03 bits per heavy atom. The van der Waals surface area contributed by atoms with E-state index in [4.69, 9.17) is 10.1 Å². The summed E-state index contributed by atoms with van der Waals surface area (Å²) in [5.74, 6) is 0.512. The quantitative estimate of drug-likeness (QED) is 0.317. The highest BCUT2D eigenvalue weighted by Gasteiger charge is 2.17. The molecular weight excluding hydrogens is 412 g/mol.